The summed E-state index contributed by atoms with van der Waals surface area (Å²) >= 11 is 0. The molecule has 1 N–H and O–H groups in total. The fraction of sp³-hybridized carbons (Fsp3) is 0.300. The van der Waals surface area contributed by atoms with Gasteiger partial charge in [0.05, 0.1) is 29.3 Å². The molecule has 0 bridgehead atoms. The van der Waals surface area contributed by atoms with Crippen molar-refractivity contribution in [2.24, 2.45) is 5.92 Å². The Morgan fingerprint density at radius 1 is 1.25 bits per heavy atom. The second kappa shape index (κ2) is 6.54. The Morgan fingerprint density at radius 2 is 2.04 bits per heavy atom. The number of ether oxygens (including phenoxy) is 1. The summed E-state index contributed by atoms with van der Waals surface area (Å²) in [6, 6.07) is 8.23. The Balaban J connectivity index is 1.83. The van der Waals surface area contributed by atoms with Crippen LogP contribution in [0.25, 0.3) is 0 Å². The summed E-state index contributed by atoms with van der Waals surface area (Å²) in [5, 5.41) is 14.4. The molecule has 0 saturated carbocycles. The van der Waals surface area contributed by atoms with Crippen LogP contribution in [0.5, 0.6) is 5.75 Å². The first-order valence-electron chi connectivity index (χ1n) is 8.77. The number of anilines is 1. The summed E-state index contributed by atoms with van der Waals surface area (Å²) in [5.41, 5.74) is 0.281. The van der Waals surface area contributed by atoms with Crippen LogP contribution in [0.15, 0.2) is 48.6 Å². The zero-order valence-corrected chi connectivity index (χ0v) is 14.9. The van der Waals surface area contributed by atoms with E-state index < -0.39 is 22.7 Å². The SMILES string of the molecule is COc1ccc([C@@H]2Nc3c(cccc3C(F)(F)F)[C@@H]3C=CC[C@@H]32)cc1[N+](=O)[O-]. The molecule has 0 aromatic heterocycles. The molecule has 4 rings (SSSR count). The van der Waals surface area contributed by atoms with E-state index in [4.69, 9.17) is 4.74 Å². The zero-order chi connectivity index (χ0) is 20.1. The number of fused-ring (bicyclic) bond motifs is 3. The topological polar surface area (TPSA) is 64.4 Å². The fourth-order valence-corrected chi connectivity index (χ4v) is 4.23. The highest BCUT2D eigenvalue weighted by atomic mass is 19.4. The van der Waals surface area contributed by atoms with Crippen molar-refractivity contribution in [2.75, 3.05) is 12.4 Å². The quantitative estimate of drug-likeness (QED) is 0.430. The van der Waals surface area contributed by atoms with E-state index in [1.54, 1.807) is 12.1 Å². The van der Waals surface area contributed by atoms with Crippen LogP contribution in [0.3, 0.4) is 0 Å². The third kappa shape index (κ3) is 2.89. The number of nitro groups is 1. The number of methoxy groups -OCH3 is 1. The van der Waals surface area contributed by atoms with Gasteiger partial charge in [-0.2, -0.15) is 13.2 Å². The molecule has 1 aliphatic heterocycles. The predicted molar refractivity (Wildman–Crippen MR) is 97.4 cm³/mol. The third-order valence-corrected chi connectivity index (χ3v) is 5.46. The Hall–Kier alpha value is -3.03. The van der Waals surface area contributed by atoms with Crippen molar-refractivity contribution in [3.05, 3.63) is 75.4 Å². The maximum atomic E-state index is 13.6. The number of hydrogen-bond acceptors (Lipinski definition) is 4. The highest BCUT2D eigenvalue weighted by Gasteiger charge is 2.43. The molecule has 0 amide bonds. The van der Waals surface area contributed by atoms with Gasteiger partial charge in [0.2, 0.25) is 0 Å². The minimum atomic E-state index is -4.50. The van der Waals surface area contributed by atoms with Crippen molar-refractivity contribution in [1.82, 2.24) is 0 Å². The van der Waals surface area contributed by atoms with Crippen molar-refractivity contribution in [2.45, 2.75) is 24.6 Å². The number of rotatable bonds is 3. The van der Waals surface area contributed by atoms with E-state index in [0.717, 1.165) is 6.07 Å². The molecular formula is C20H17F3N2O3. The molecule has 8 heteroatoms. The summed E-state index contributed by atoms with van der Waals surface area (Å²) in [6.45, 7) is 0. The molecule has 2 aromatic carbocycles. The van der Waals surface area contributed by atoms with Crippen LogP contribution in [-0.2, 0) is 6.18 Å². The van der Waals surface area contributed by atoms with E-state index in [9.17, 15) is 23.3 Å². The molecule has 1 heterocycles. The lowest BCUT2D eigenvalue weighted by molar-refractivity contribution is -0.385. The van der Waals surface area contributed by atoms with Crippen molar-refractivity contribution in [3.8, 4) is 5.75 Å². The van der Waals surface area contributed by atoms with Gasteiger partial charge in [0.25, 0.3) is 0 Å². The first-order valence-corrected chi connectivity index (χ1v) is 8.77. The minimum Gasteiger partial charge on any atom is -0.490 e. The Bertz CT molecular complexity index is 972. The standard InChI is InChI=1S/C20H17F3N2O3/c1-28-17-9-8-11(10-16(17)25(26)27)18-13-5-2-4-12(13)14-6-3-7-15(19(14)24-18)20(21,22)23/h2-4,6-10,12-13,18,24H,5H2,1H3/t12-,13+,18+/m1/s1. The number of nitrogens with zero attached hydrogens (tertiary/aromatic N) is 1. The number of allylic oxidation sites excluding steroid dienone is 2. The van der Waals surface area contributed by atoms with Crippen molar-refractivity contribution >= 4 is 11.4 Å². The maximum Gasteiger partial charge on any atom is 0.418 e. The van der Waals surface area contributed by atoms with Gasteiger partial charge >= 0.3 is 11.9 Å². The van der Waals surface area contributed by atoms with Crippen LogP contribution < -0.4 is 10.1 Å². The van der Waals surface area contributed by atoms with Crippen molar-refractivity contribution in [1.29, 1.82) is 0 Å². The summed E-state index contributed by atoms with van der Waals surface area (Å²) in [6.07, 6.45) is 0.0640. The lowest BCUT2D eigenvalue weighted by Gasteiger charge is -2.38. The van der Waals surface area contributed by atoms with Gasteiger partial charge in [-0.15, -0.1) is 0 Å². The number of nitrogens with one attached hydrogen (secondary N) is 1. The highest BCUT2D eigenvalue weighted by Crippen LogP contribution is 2.53. The molecule has 3 atom stereocenters. The zero-order valence-electron chi connectivity index (χ0n) is 14.9. The van der Waals surface area contributed by atoms with Gasteiger partial charge in [-0.1, -0.05) is 30.4 Å². The number of nitro benzene ring substituents is 1. The van der Waals surface area contributed by atoms with Crippen molar-refractivity contribution < 1.29 is 22.8 Å². The summed E-state index contributed by atoms with van der Waals surface area (Å²) < 4.78 is 45.7. The lowest BCUT2D eigenvalue weighted by atomic mass is 9.76. The molecule has 0 unspecified atom stereocenters. The van der Waals surface area contributed by atoms with Crippen LogP contribution in [0, 0.1) is 16.0 Å². The summed E-state index contributed by atoms with van der Waals surface area (Å²) in [7, 11) is 1.34. The Morgan fingerprint density at radius 3 is 2.71 bits per heavy atom. The lowest BCUT2D eigenvalue weighted by Crippen LogP contribution is -2.30. The van der Waals surface area contributed by atoms with E-state index in [0.29, 0.717) is 17.5 Å². The Labute approximate surface area is 159 Å². The number of halogens is 3. The molecule has 0 spiro atoms. The number of hydrogen-bond donors (Lipinski definition) is 1. The van der Waals surface area contributed by atoms with Gasteiger partial charge in [0.1, 0.15) is 0 Å². The average Bonchev–Trinajstić information content (AvgIpc) is 3.15. The molecular weight excluding hydrogens is 373 g/mol. The minimum absolute atomic E-state index is 0.0241. The van der Waals surface area contributed by atoms with E-state index >= 15 is 0 Å². The molecule has 0 fully saturated rings. The van der Waals surface area contributed by atoms with Crippen LogP contribution in [0.4, 0.5) is 24.5 Å². The molecule has 2 aromatic rings. The number of para-hydroxylation sites is 1. The van der Waals surface area contributed by atoms with Crippen LogP contribution in [0.2, 0.25) is 0 Å². The van der Waals surface area contributed by atoms with E-state index in [2.05, 4.69) is 5.32 Å². The number of benzene rings is 2. The average molecular weight is 390 g/mol. The molecule has 146 valence electrons. The predicted octanol–water partition coefficient (Wildman–Crippen LogP) is 5.45. The van der Waals surface area contributed by atoms with Gasteiger partial charge in [-0.25, -0.2) is 0 Å². The van der Waals surface area contributed by atoms with E-state index in [-0.39, 0.29) is 29.0 Å². The van der Waals surface area contributed by atoms with Crippen LogP contribution >= 0.6 is 0 Å². The number of alkyl halides is 3. The first kappa shape index (κ1) is 18.3. The van der Waals surface area contributed by atoms with Crippen molar-refractivity contribution in [3.63, 3.8) is 0 Å². The Kier molecular flexibility index (Phi) is 4.28. The molecule has 28 heavy (non-hydrogen) atoms. The maximum absolute atomic E-state index is 13.6. The first-order chi connectivity index (χ1) is 13.3. The second-order valence-electron chi connectivity index (χ2n) is 6.93. The largest absolute Gasteiger partial charge is 0.490 e. The van der Waals surface area contributed by atoms with Crippen LogP contribution in [-0.4, -0.2) is 12.0 Å². The molecule has 5 nitrogen and oxygen atoms in total. The van der Waals surface area contributed by atoms with E-state index in [1.807, 2.05) is 12.2 Å². The smallest absolute Gasteiger partial charge is 0.418 e. The van der Waals surface area contributed by atoms with Gasteiger partial charge in [-0.3, -0.25) is 10.1 Å². The summed E-state index contributed by atoms with van der Waals surface area (Å²) in [5.74, 6) is -0.0873. The third-order valence-electron chi connectivity index (χ3n) is 5.46. The normalized spacial score (nSPS) is 22.9. The summed E-state index contributed by atoms with van der Waals surface area (Å²) in [4.78, 5) is 10.8. The highest BCUT2D eigenvalue weighted by molar-refractivity contribution is 5.65. The molecule has 1 aliphatic carbocycles. The van der Waals surface area contributed by atoms with Gasteiger partial charge in [0, 0.05) is 12.0 Å². The van der Waals surface area contributed by atoms with Gasteiger partial charge in [-0.05, 0) is 35.6 Å². The van der Waals surface area contributed by atoms with E-state index in [1.165, 1.54) is 25.3 Å². The molecule has 0 saturated heterocycles. The van der Waals surface area contributed by atoms with Gasteiger partial charge in [0.15, 0.2) is 5.75 Å². The molecule has 2 aliphatic rings. The second-order valence-corrected chi connectivity index (χ2v) is 6.93. The fourth-order valence-electron chi connectivity index (χ4n) is 4.23. The monoisotopic (exact) mass is 390 g/mol. The molecule has 0 radical (unpaired) electrons. The van der Waals surface area contributed by atoms with Gasteiger partial charge < -0.3 is 10.1 Å². The van der Waals surface area contributed by atoms with Crippen LogP contribution in [0.1, 0.15) is 35.1 Å².